The van der Waals surface area contributed by atoms with Crippen molar-refractivity contribution >= 4 is 23.5 Å². The molecule has 1 amide bonds. The Morgan fingerprint density at radius 1 is 1.14 bits per heavy atom. The molecule has 5 rings (SSSR count). The maximum atomic E-state index is 15.5. The number of esters is 1. The maximum Gasteiger partial charge on any atom is 0.417 e. The highest BCUT2D eigenvalue weighted by molar-refractivity contribution is 6.31. The number of nitrogens with zero attached hydrogens (tertiary/aromatic N) is 2. The zero-order valence-electron chi connectivity index (χ0n) is 23.7. The van der Waals surface area contributed by atoms with Crippen LogP contribution in [0.15, 0.2) is 24.4 Å². The third-order valence-corrected chi connectivity index (χ3v) is 8.15. The monoisotopic (exact) mass is 611 g/mol. The van der Waals surface area contributed by atoms with Crippen molar-refractivity contribution in [2.24, 2.45) is 5.41 Å². The maximum absolute atomic E-state index is 15.5. The second-order valence-electron chi connectivity index (χ2n) is 12.6. The number of ether oxygens (including phenoxy) is 2. The molecule has 1 aromatic carbocycles. The van der Waals surface area contributed by atoms with Crippen molar-refractivity contribution in [3.8, 4) is 5.75 Å². The number of nitrogens with one attached hydrogen (secondary N) is 1. The molecular formula is C30H34ClF4N3O4. The predicted molar refractivity (Wildman–Crippen MR) is 147 cm³/mol. The van der Waals surface area contributed by atoms with Gasteiger partial charge in [-0.15, -0.1) is 0 Å². The Hall–Kier alpha value is -2.92. The normalized spacial score (nSPS) is 20.3. The number of amides is 1. The summed E-state index contributed by atoms with van der Waals surface area (Å²) in [6.07, 6.45) is -0.611. The summed E-state index contributed by atoms with van der Waals surface area (Å²) >= 11 is 5.73. The van der Waals surface area contributed by atoms with Gasteiger partial charge in [0.2, 0.25) is 0 Å². The summed E-state index contributed by atoms with van der Waals surface area (Å²) < 4.78 is 67.2. The third kappa shape index (κ3) is 6.67. The van der Waals surface area contributed by atoms with Gasteiger partial charge in [-0.25, -0.2) is 9.18 Å². The Balaban J connectivity index is 1.34. The van der Waals surface area contributed by atoms with E-state index >= 15 is 4.39 Å². The molecule has 3 heterocycles. The summed E-state index contributed by atoms with van der Waals surface area (Å²) in [5.74, 6) is -1.42. The molecule has 1 aliphatic carbocycles. The van der Waals surface area contributed by atoms with Gasteiger partial charge in [0.15, 0.2) is 0 Å². The minimum absolute atomic E-state index is 0.107. The van der Waals surface area contributed by atoms with E-state index in [0.717, 1.165) is 25.1 Å². The lowest BCUT2D eigenvalue weighted by atomic mass is 9.78. The van der Waals surface area contributed by atoms with Crippen LogP contribution in [0.3, 0.4) is 0 Å². The van der Waals surface area contributed by atoms with Crippen molar-refractivity contribution < 1.29 is 36.6 Å². The first kappa shape index (κ1) is 30.5. The Bertz CT molecular complexity index is 1370. The quantitative estimate of drug-likeness (QED) is 0.295. The largest absolute Gasteiger partial charge is 0.492 e. The van der Waals surface area contributed by atoms with Crippen LogP contribution in [0.5, 0.6) is 5.75 Å². The summed E-state index contributed by atoms with van der Waals surface area (Å²) in [5.41, 5.74) is -1.38. The fraction of sp³-hybridized carbons (Fsp3) is 0.567. The fourth-order valence-electron chi connectivity index (χ4n) is 5.52. The van der Waals surface area contributed by atoms with E-state index in [1.54, 1.807) is 20.8 Å². The van der Waals surface area contributed by atoms with Gasteiger partial charge in [0.25, 0.3) is 5.91 Å². The van der Waals surface area contributed by atoms with Gasteiger partial charge >= 0.3 is 12.1 Å². The van der Waals surface area contributed by atoms with Crippen LogP contribution in [-0.2, 0) is 22.1 Å². The first-order chi connectivity index (χ1) is 19.7. The molecule has 2 aromatic rings. The zero-order valence-corrected chi connectivity index (χ0v) is 24.5. The molecule has 0 spiro atoms. The number of aromatic nitrogens is 1. The molecule has 2 aliphatic heterocycles. The fourth-order valence-corrected chi connectivity index (χ4v) is 5.73. The van der Waals surface area contributed by atoms with E-state index < -0.39 is 51.5 Å². The highest BCUT2D eigenvalue weighted by Crippen LogP contribution is 2.46. The number of carbonyl (C=O) groups excluding carboxylic acids is 2. The average molecular weight is 612 g/mol. The van der Waals surface area contributed by atoms with E-state index in [2.05, 4.69) is 10.3 Å². The topological polar surface area (TPSA) is 80.8 Å². The van der Waals surface area contributed by atoms with Crippen LogP contribution in [0, 0.1) is 11.2 Å². The number of pyridine rings is 1. The Labute approximate surface area is 246 Å². The van der Waals surface area contributed by atoms with Gasteiger partial charge in [0, 0.05) is 49.4 Å². The molecule has 1 atom stereocenters. The number of alkyl halides is 3. The molecule has 2 saturated heterocycles. The lowest BCUT2D eigenvalue weighted by molar-refractivity contribution is -0.159. The van der Waals surface area contributed by atoms with Gasteiger partial charge in [-0.05, 0) is 70.1 Å². The van der Waals surface area contributed by atoms with E-state index in [-0.39, 0.29) is 30.2 Å². The SMILES string of the molecule is CC(C)(C)OC(=O)C1CCCN1C(=O)c1cc(C2CC2)c(OCC2(Cc3cc(C(F)(F)F)c(Cl)cn3)CNC2)cc1F. The Morgan fingerprint density at radius 3 is 2.45 bits per heavy atom. The minimum Gasteiger partial charge on any atom is -0.492 e. The standard InChI is InChI=1S/C30H34ClF4N3O4/c1-28(2,3)42-27(40)24-5-4-8-38(24)26(39)20-10-19(17-6-7-17)25(11-23(20)32)41-16-29(14-36-15-29)12-18-9-21(30(33,34)35)22(31)13-37-18/h9-11,13,17,24,36H,4-8,12,14-16H2,1-3H3. The molecule has 1 saturated carbocycles. The van der Waals surface area contributed by atoms with Crippen LogP contribution in [0.1, 0.15) is 79.6 Å². The lowest BCUT2D eigenvalue weighted by Gasteiger charge is -2.42. The van der Waals surface area contributed by atoms with Gasteiger partial charge in [-0.2, -0.15) is 13.2 Å². The smallest absolute Gasteiger partial charge is 0.417 e. The number of likely N-dealkylation sites (tertiary alicyclic amines) is 1. The van der Waals surface area contributed by atoms with E-state index in [9.17, 15) is 22.8 Å². The summed E-state index contributed by atoms with van der Waals surface area (Å²) in [7, 11) is 0. The van der Waals surface area contributed by atoms with Crippen molar-refractivity contribution in [3.05, 3.63) is 57.6 Å². The van der Waals surface area contributed by atoms with Gasteiger partial charge < -0.3 is 19.7 Å². The first-order valence-electron chi connectivity index (χ1n) is 14.1. The highest BCUT2D eigenvalue weighted by Gasteiger charge is 2.42. The van der Waals surface area contributed by atoms with E-state index in [1.807, 2.05) is 0 Å². The average Bonchev–Trinajstić information content (AvgIpc) is 3.59. The Kier molecular flexibility index (Phi) is 8.21. The summed E-state index contributed by atoms with van der Waals surface area (Å²) in [6.45, 7) is 6.66. The van der Waals surface area contributed by atoms with Crippen molar-refractivity contribution in [1.82, 2.24) is 15.2 Å². The number of halogens is 5. The summed E-state index contributed by atoms with van der Waals surface area (Å²) in [4.78, 5) is 31.7. The molecule has 3 fully saturated rings. The second-order valence-corrected chi connectivity index (χ2v) is 13.0. The van der Waals surface area contributed by atoms with Gasteiger partial charge in [-0.3, -0.25) is 9.78 Å². The van der Waals surface area contributed by atoms with Crippen molar-refractivity contribution in [1.29, 1.82) is 0 Å². The number of rotatable bonds is 8. The van der Waals surface area contributed by atoms with Crippen molar-refractivity contribution in [2.45, 2.75) is 76.6 Å². The Morgan fingerprint density at radius 2 is 1.86 bits per heavy atom. The molecule has 7 nitrogen and oxygen atoms in total. The lowest BCUT2D eigenvalue weighted by Crippen LogP contribution is -2.58. The van der Waals surface area contributed by atoms with Gasteiger partial charge in [0.05, 0.1) is 22.8 Å². The number of hydrogen-bond donors (Lipinski definition) is 1. The zero-order chi connectivity index (χ0) is 30.4. The van der Waals surface area contributed by atoms with Crippen LogP contribution in [-0.4, -0.2) is 59.6 Å². The molecular weight excluding hydrogens is 578 g/mol. The molecule has 228 valence electrons. The molecule has 42 heavy (non-hydrogen) atoms. The number of hydrogen-bond acceptors (Lipinski definition) is 6. The van der Waals surface area contributed by atoms with E-state index in [1.165, 1.54) is 17.0 Å². The number of benzene rings is 1. The summed E-state index contributed by atoms with van der Waals surface area (Å²) in [5, 5.41) is 2.68. The molecule has 12 heteroatoms. The van der Waals surface area contributed by atoms with Gasteiger partial charge in [-0.1, -0.05) is 11.6 Å². The van der Waals surface area contributed by atoms with E-state index in [4.69, 9.17) is 21.1 Å². The van der Waals surface area contributed by atoms with Crippen LogP contribution in [0.25, 0.3) is 0 Å². The third-order valence-electron chi connectivity index (χ3n) is 7.85. The van der Waals surface area contributed by atoms with Crippen molar-refractivity contribution in [3.63, 3.8) is 0 Å². The second kappa shape index (κ2) is 11.3. The van der Waals surface area contributed by atoms with Crippen LogP contribution >= 0.6 is 11.6 Å². The summed E-state index contributed by atoms with van der Waals surface area (Å²) in [6, 6.07) is 2.92. The molecule has 1 N–H and O–H groups in total. The van der Waals surface area contributed by atoms with Gasteiger partial charge in [0.1, 0.15) is 23.2 Å². The minimum atomic E-state index is -4.60. The highest BCUT2D eigenvalue weighted by atomic mass is 35.5. The van der Waals surface area contributed by atoms with Crippen LogP contribution in [0.4, 0.5) is 17.6 Å². The van der Waals surface area contributed by atoms with Crippen LogP contribution < -0.4 is 10.1 Å². The molecule has 3 aliphatic rings. The van der Waals surface area contributed by atoms with E-state index in [0.29, 0.717) is 43.8 Å². The van der Waals surface area contributed by atoms with Crippen molar-refractivity contribution in [2.75, 3.05) is 26.2 Å². The van der Waals surface area contributed by atoms with Crippen LogP contribution in [0.2, 0.25) is 5.02 Å². The number of carbonyl (C=O) groups is 2. The molecule has 0 radical (unpaired) electrons. The first-order valence-corrected chi connectivity index (χ1v) is 14.5. The molecule has 0 bridgehead atoms. The molecule has 1 aromatic heterocycles. The molecule has 1 unspecified atom stereocenters. The predicted octanol–water partition coefficient (Wildman–Crippen LogP) is 5.93.